The first-order chi connectivity index (χ1) is 7.72. The SMILES string of the molecule is NCC(=O)N(Cc1nccnc1Cl)C1CC1. The number of hydrogen-bond acceptors (Lipinski definition) is 4. The summed E-state index contributed by atoms with van der Waals surface area (Å²) in [7, 11) is 0. The molecule has 1 fully saturated rings. The molecule has 6 heteroatoms. The van der Waals surface area contributed by atoms with Crippen molar-refractivity contribution >= 4 is 17.5 Å². The van der Waals surface area contributed by atoms with E-state index in [4.69, 9.17) is 17.3 Å². The van der Waals surface area contributed by atoms with Gasteiger partial charge >= 0.3 is 0 Å². The molecule has 16 heavy (non-hydrogen) atoms. The van der Waals surface area contributed by atoms with E-state index in [2.05, 4.69) is 9.97 Å². The number of halogens is 1. The predicted octanol–water partition coefficient (Wildman–Crippen LogP) is 0.580. The molecule has 86 valence electrons. The molecule has 1 aromatic heterocycles. The van der Waals surface area contributed by atoms with Crippen LogP contribution >= 0.6 is 11.6 Å². The lowest BCUT2D eigenvalue weighted by Gasteiger charge is -2.21. The van der Waals surface area contributed by atoms with Crippen LogP contribution in [0.15, 0.2) is 12.4 Å². The van der Waals surface area contributed by atoms with Crippen LogP contribution in [0.4, 0.5) is 0 Å². The van der Waals surface area contributed by atoms with E-state index in [0.717, 1.165) is 12.8 Å². The maximum absolute atomic E-state index is 11.6. The molecule has 1 amide bonds. The average Bonchev–Trinajstić information content (AvgIpc) is 3.11. The number of nitrogens with zero attached hydrogens (tertiary/aromatic N) is 3. The molecule has 2 rings (SSSR count). The second kappa shape index (κ2) is 4.76. The highest BCUT2D eigenvalue weighted by molar-refractivity contribution is 6.29. The Labute approximate surface area is 98.6 Å². The van der Waals surface area contributed by atoms with E-state index in [1.165, 1.54) is 6.20 Å². The van der Waals surface area contributed by atoms with Crippen LogP contribution in [0, 0.1) is 0 Å². The third-order valence-electron chi connectivity index (χ3n) is 2.53. The Bertz CT molecular complexity index is 394. The van der Waals surface area contributed by atoms with Gasteiger partial charge in [-0.15, -0.1) is 0 Å². The summed E-state index contributed by atoms with van der Waals surface area (Å²) in [5.74, 6) is -0.0655. The van der Waals surface area contributed by atoms with E-state index in [1.54, 1.807) is 11.1 Å². The number of hydrogen-bond donors (Lipinski definition) is 1. The van der Waals surface area contributed by atoms with Gasteiger partial charge < -0.3 is 10.6 Å². The molecule has 1 heterocycles. The van der Waals surface area contributed by atoms with Crippen LogP contribution in [0.25, 0.3) is 0 Å². The molecule has 0 spiro atoms. The molecule has 0 unspecified atom stereocenters. The minimum atomic E-state index is -0.0655. The van der Waals surface area contributed by atoms with Crippen LogP contribution < -0.4 is 5.73 Å². The number of rotatable bonds is 4. The van der Waals surface area contributed by atoms with Crippen LogP contribution in [-0.2, 0) is 11.3 Å². The minimum Gasteiger partial charge on any atom is -0.333 e. The number of aromatic nitrogens is 2. The Hall–Kier alpha value is -1.20. The number of amides is 1. The van der Waals surface area contributed by atoms with Crippen molar-refractivity contribution in [2.24, 2.45) is 5.73 Å². The van der Waals surface area contributed by atoms with Gasteiger partial charge in [0.2, 0.25) is 5.91 Å². The molecule has 1 aliphatic carbocycles. The standard InChI is InChI=1S/C10H13ClN4O/c11-10-8(13-3-4-14-10)6-15(7-1-2-7)9(16)5-12/h3-4,7H,1-2,5-6,12H2. The molecule has 2 N–H and O–H groups in total. The van der Waals surface area contributed by atoms with E-state index in [0.29, 0.717) is 23.4 Å². The lowest BCUT2D eigenvalue weighted by Crippen LogP contribution is -2.37. The summed E-state index contributed by atoms with van der Waals surface area (Å²) in [4.78, 5) is 21.4. The second-order valence-electron chi connectivity index (χ2n) is 3.75. The van der Waals surface area contributed by atoms with E-state index < -0.39 is 0 Å². The minimum absolute atomic E-state index is 0.0222. The Morgan fingerprint density at radius 2 is 2.19 bits per heavy atom. The molecular weight excluding hydrogens is 228 g/mol. The fraction of sp³-hybridized carbons (Fsp3) is 0.500. The molecular formula is C10H13ClN4O. The zero-order valence-corrected chi connectivity index (χ0v) is 9.52. The molecule has 0 aliphatic heterocycles. The van der Waals surface area contributed by atoms with E-state index >= 15 is 0 Å². The van der Waals surface area contributed by atoms with Crippen LogP contribution in [0.3, 0.4) is 0 Å². The topological polar surface area (TPSA) is 72.1 Å². The molecule has 0 bridgehead atoms. The summed E-state index contributed by atoms with van der Waals surface area (Å²) in [5, 5.41) is 0.345. The molecule has 1 aliphatic rings. The summed E-state index contributed by atoms with van der Waals surface area (Å²) < 4.78 is 0. The lowest BCUT2D eigenvalue weighted by molar-refractivity contribution is -0.130. The number of nitrogens with two attached hydrogens (primary N) is 1. The van der Waals surface area contributed by atoms with Gasteiger partial charge in [0.05, 0.1) is 18.8 Å². The first-order valence-electron chi connectivity index (χ1n) is 5.17. The van der Waals surface area contributed by atoms with Crippen LogP contribution in [-0.4, -0.2) is 33.4 Å². The van der Waals surface area contributed by atoms with Gasteiger partial charge in [0.1, 0.15) is 0 Å². The van der Waals surface area contributed by atoms with Crippen molar-refractivity contribution < 1.29 is 4.79 Å². The van der Waals surface area contributed by atoms with Crippen LogP contribution in [0.2, 0.25) is 5.15 Å². The monoisotopic (exact) mass is 240 g/mol. The van der Waals surface area contributed by atoms with Gasteiger partial charge in [-0.3, -0.25) is 9.78 Å². The Kier molecular flexibility index (Phi) is 3.36. The third-order valence-corrected chi connectivity index (χ3v) is 2.84. The highest BCUT2D eigenvalue weighted by Crippen LogP contribution is 2.28. The fourth-order valence-electron chi connectivity index (χ4n) is 1.54. The highest BCUT2D eigenvalue weighted by atomic mass is 35.5. The first kappa shape index (κ1) is 11.3. The Morgan fingerprint density at radius 3 is 2.75 bits per heavy atom. The van der Waals surface area contributed by atoms with Crippen molar-refractivity contribution in [3.8, 4) is 0 Å². The number of carbonyl (C=O) groups is 1. The summed E-state index contributed by atoms with van der Waals surface area (Å²) in [6.07, 6.45) is 5.16. The molecule has 1 saturated carbocycles. The van der Waals surface area contributed by atoms with Gasteiger partial charge in [-0.1, -0.05) is 11.6 Å². The first-order valence-corrected chi connectivity index (χ1v) is 5.55. The molecule has 1 aromatic rings. The smallest absolute Gasteiger partial charge is 0.236 e. The van der Waals surface area contributed by atoms with Gasteiger partial charge in [-0.2, -0.15) is 0 Å². The van der Waals surface area contributed by atoms with Crippen molar-refractivity contribution in [3.63, 3.8) is 0 Å². The molecule has 0 aromatic carbocycles. The summed E-state index contributed by atoms with van der Waals surface area (Å²) in [6, 6.07) is 0.300. The fourth-order valence-corrected chi connectivity index (χ4v) is 1.71. The van der Waals surface area contributed by atoms with Gasteiger partial charge in [0.25, 0.3) is 0 Å². The Balaban J connectivity index is 2.11. The van der Waals surface area contributed by atoms with Crippen molar-refractivity contribution in [1.82, 2.24) is 14.9 Å². The maximum atomic E-state index is 11.6. The lowest BCUT2D eigenvalue weighted by atomic mass is 10.3. The van der Waals surface area contributed by atoms with Crippen LogP contribution in [0.5, 0.6) is 0 Å². The number of carbonyl (C=O) groups excluding carboxylic acids is 1. The molecule has 0 atom stereocenters. The summed E-state index contributed by atoms with van der Waals surface area (Å²) >= 11 is 5.90. The summed E-state index contributed by atoms with van der Waals surface area (Å²) in [5.41, 5.74) is 5.99. The van der Waals surface area contributed by atoms with Crippen molar-refractivity contribution in [1.29, 1.82) is 0 Å². The van der Waals surface area contributed by atoms with E-state index in [9.17, 15) is 4.79 Å². The predicted molar refractivity (Wildman–Crippen MR) is 59.7 cm³/mol. The largest absolute Gasteiger partial charge is 0.333 e. The zero-order chi connectivity index (χ0) is 11.5. The average molecular weight is 241 g/mol. The van der Waals surface area contributed by atoms with E-state index in [-0.39, 0.29) is 12.5 Å². The zero-order valence-electron chi connectivity index (χ0n) is 8.77. The van der Waals surface area contributed by atoms with Crippen molar-refractivity contribution in [2.75, 3.05) is 6.54 Å². The van der Waals surface area contributed by atoms with E-state index in [1.807, 2.05) is 0 Å². The van der Waals surface area contributed by atoms with Gasteiger partial charge in [-0.25, -0.2) is 4.98 Å². The normalized spacial score (nSPS) is 14.9. The second-order valence-corrected chi connectivity index (χ2v) is 4.11. The van der Waals surface area contributed by atoms with Gasteiger partial charge in [0, 0.05) is 18.4 Å². The Morgan fingerprint density at radius 1 is 1.50 bits per heavy atom. The van der Waals surface area contributed by atoms with Gasteiger partial charge in [0.15, 0.2) is 5.15 Å². The maximum Gasteiger partial charge on any atom is 0.236 e. The third kappa shape index (κ3) is 2.48. The van der Waals surface area contributed by atoms with Crippen molar-refractivity contribution in [2.45, 2.75) is 25.4 Å². The van der Waals surface area contributed by atoms with Crippen molar-refractivity contribution in [3.05, 3.63) is 23.2 Å². The molecule has 0 radical (unpaired) electrons. The highest BCUT2D eigenvalue weighted by Gasteiger charge is 2.32. The molecule has 0 saturated heterocycles. The summed E-state index contributed by atoms with van der Waals surface area (Å²) in [6.45, 7) is 0.418. The van der Waals surface area contributed by atoms with Crippen LogP contribution in [0.1, 0.15) is 18.5 Å². The quantitative estimate of drug-likeness (QED) is 0.836. The molecule has 5 nitrogen and oxygen atoms in total. The van der Waals surface area contributed by atoms with Gasteiger partial charge in [-0.05, 0) is 12.8 Å².